The van der Waals surface area contributed by atoms with Crippen molar-refractivity contribution in [3.63, 3.8) is 0 Å². The highest BCUT2D eigenvalue weighted by molar-refractivity contribution is 5.93. The van der Waals surface area contributed by atoms with Crippen LogP contribution in [0.5, 0.6) is 0 Å². The Hall–Kier alpha value is -1.88. The van der Waals surface area contributed by atoms with E-state index in [2.05, 4.69) is 4.74 Å². The van der Waals surface area contributed by atoms with E-state index in [0.29, 0.717) is 12.0 Å². The fourth-order valence-corrected chi connectivity index (χ4v) is 1.28. The molecule has 1 aromatic carbocycles. The maximum absolute atomic E-state index is 11.1. The fourth-order valence-electron chi connectivity index (χ4n) is 1.28. The Balaban J connectivity index is 2.67. The first-order valence-corrected chi connectivity index (χ1v) is 4.77. The number of carbonyl (C=O) groups is 2. The van der Waals surface area contributed by atoms with E-state index in [9.17, 15) is 9.59 Å². The zero-order valence-electron chi connectivity index (χ0n) is 8.90. The zero-order valence-corrected chi connectivity index (χ0v) is 8.90. The minimum Gasteiger partial charge on any atom is -0.469 e. The molecule has 86 valence electrons. The van der Waals surface area contributed by atoms with Crippen molar-refractivity contribution >= 4 is 11.9 Å². The van der Waals surface area contributed by atoms with Crippen LogP contribution >= 0.6 is 0 Å². The van der Waals surface area contributed by atoms with Gasteiger partial charge in [-0.15, -0.1) is 0 Å². The van der Waals surface area contributed by atoms with Gasteiger partial charge in [0, 0.05) is 12.0 Å². The lowest BCUT2D eigenvalue weighted by Crippen LogP contribution is -2.18. The van der Waals surface area contributed by atoms with Crippen molar-refractivity contribution in [1.29, 1.82) is 0 Å². The predicted octanol–water partition coefficient (Wildman–Crippen LogP) is 0.911. The Kier molecular flexibility index (Phi) is 4.47. The summed E-state index contributed by atoms with van der Waals surface area (Å²) in [6.07, 6.45) is 0.764. The third-order valence-electron chi connectivity index (χ3n) is 2.14. The minimum atomic E-state index is -0.570. The van der Waals surface area contributed by atoms with Crippen molar-refractivity contribution in [3.05, 3.63) is 35.4 Å². The second-order valence-electron chi connectivity index (χ2n) is 3.22. The minimum absolute atomic E-state index is 0.265. The van der Waals surface area contributed by atoms with Gasteiger partial charge in [0.2, 0.25) is 0 Å². The average Bonchev–Trinajstić information content (AvgIpc) is 2.35. The molecule has 0 aliphatic carbocycles. The van der Waals surface area contributed by atoms with Gasteiger partial charge in [0.25, 0.3) is 5.91 Å². The zero-order chi connectivity index (χ0) is 12.0. The van der Waals surface area contributed by atoms with Crippen LogP contribution in [0.2, 0.25) is 0 Å². The molecule has 16 heavy (non-hydrogen) atoms. The lowest BCUT2D eigenvalue weighted by atomic mass is 10.1. The fraction of sp³-hybridized carbons (Fsp3) is 0.273. The van der Waals surface area contributed by atoms with Gasteiger partial charge in [-0.2, -0.15) is 0 Å². The number of ether oxygens (including phenoxy) is 1. The van der Waals surface area contributed by atoms with Gasteiger partial charge in [-0.3, -0.25) is 14.8 Å². The highest BCUT2D eigenvalue weighted by Crippen LogP contribution is 2.08. The Bertz CT molecular complexity index is 389. The number of carbonyl (C=O) groups excluding carboxylic acids is 2. The molecule has 0 fully saturated rings. The molecule has 1 rings (SSSR count). The largest absolute Gasteiger partial charge is 0.469 e. The molecule has 0 aliphatic rings. The van der Waals surface area contributed by atoms with E-state index >= 15 is 0 Å². The summed E-state index contributed by atoms with van der Waals surface area (Å²) in [5, 5.41) is 8.46. The maximum Gasteiger partial charge on any atom is 0.305 e. The first kappa shape index (κ1) is 12.2. The summed E-state index contributed by atoms with van der Waals surface area (Å²) in [7, 11) is 1.33. The van der Waals surface area contributed by atoms with E-state index in [0.717, 1.165) is 5.56 Å². The highest BCUT2D eigenvalue weighted by Gasteiger charge is 2.06. The number of benzene rings is 1. The number of amides is 1. The number of hydrogen-bond acceptors (Lipinski definition) is 4. The summed E-state index contributed by atoms with van der Waals surface area (Å²) in [6.45, 7) is 0. The Morgan fingerprint density at radius 2 is 2.19 bits per heavy atom. The van der Waals surface area contributed by atoms with E-state index in [1.807, 2.05) is 0 Å². The molecule has 0 saturated heterocycles. The first-order valence-electron chi connectivity index (χ1n) is 4.77. The van der Waals surface area contributed by atoms with Crippen molar-refractivity contribution in [2.75, 3.05) is 7.11 Å². The highest BCUT2D eigenvalue weighted by atomic mass is 16.5. The lowest BCUT2D eigenvalue weighted by molar-refractivity contribution is -0.140. The lowest BCUT2D eigenvalue weighted by Gasteiger charge is -2.03. The molecule has 0 saturated carbocycles. The number of methoxy groups -OCH3 is 1. The molecule has 1 amide bonds. The van der Waals surface area contributed by atoms with Crippen LogP contribution < -0.4 is 5.48 Å². The van der Waals surface area contributed by atoms with Crippen LogP contribution in [0, 0.1) is 0 Å². The van der Waals surface area contributed by atoms with E-state index in [1.165, 1.54) is 7.11 Å². The molecule has 0 aliphatic heterocycles. The van der Waals surface area contributed by atoms with Crippen LogP contribution in [0.25, 0.3) is 0 Å². The van der Waals surface area contributed by atoms with Crippen molar-refractivity contribution in [3.8, 4) is 0 Å². The second kappa shape index (κ2) is 5.87. The summed E-state index contributed by atoms with van der Waals surface area (Å²) >= 11 is 0. The van der Waals surface area contributed by atoms with Crippen LogP contribution in [0.1, 0.15) is 22.3 Å². The quantitative estimate of drug-likeness (QED) is 0.452. The number of esters is 1. The third kappa shape index (κ3) is 3.36. The van der Waals surface area contributed by atoms with Gasteiger partial charge in [-0.1, -0.05) is 12.1 Å². The summed E-state index contributed by atoms with van der Waals surface area (Å²) in [5.41, 5.74) is 2.75. The standard InChI is InChI=1S/C11H13NO4/c1-16-10(13)6-5-8-3-2-4-9(7-8)11(14)12-15/h2-4,7,15H,5-6H2,1H3,(H,12,14). The Morgan fingerprint density at radius 3 is 2.81 bits per heavy atom. The van der Waals surface area contributed by atoms with Crippen LogP contribution in [0.4, 0.5) is 0 Å². The smallest absolute Gasteiger partial charge is 0.305 e. The van der Waals surface area contributed by atoms with Gasteiger partial charge < -0.3 is 4.74 Å². The second-order valence-corrected chi connectivity index (χ2v) is 3.22. The molecule has 0 heterocycles. The van der Waals surface area contributed by atoms with E-state index in [1.54, 1.807) is 29.7 Å². The van der Waals surface area contributed by atoms with E-state index in [-0.39, 0.29) is 12.4 Å². The van der Waals surface area contributed by atoms with Gasteiger partial charge in [0.1, 0.15) is 0 Å². The molecule has 0 aromatic heterocycles. The maximum atomic E-state index is 11.1. The van der Waals surface area contributed by atoms with Crippen LogP contribution in [0.3, 0.4) is 0 Å². The van der Waals surface area contributed by atoms with Crippen molar-refractivity contribution in [1.82, 2.24) is 5.48 Å². The molecule has 5 heteroatoms. The number of hydrogen-bond donors (Lipinski definition) is 2. The first-order chi connectivity index (χ1) is 7.67. The molecule has 1 aromatic rings. The number of rotatable bonds is 4. The van der Waals surface area contributed by atoms with Crippen LogP contribution in [0.15, 0.2) is 24.3 Å². The predicted molar refractivity (Wildman–Crippen MR) is 56.0 cm³/mol. The molecular weight excluding hydrogens is 210 g/mol. The van der Waals surface area contributed by atoms with Gasteiger partial charge >= 0.3 is 5.97 Å². The molecule has 5 nitrogen and oxygen atoms in total. The number of aryl methyl sites for hydroxylation is 1. The summed E-state index contributed by atoms with van der Waals surface area (Å²) < 4.78 is 4.51. The van der Waals surface area contributed by atoms with Crippen molar-refractivity contribution in [2.24, 2.45) is 0 Å². The monoisotopic (exact) mass is 223 g/mol. The molecule has 0 atom stereocenters. The van der Waals surface area contributed by atoms with E-state index in [4.69, 9.17) is 5.21 Å². The van der Waals surface area contributed by atoms with Gasteiger partial charge in [-0.05, 0) is 24.1 Å². The molecule has 0 unspecified atom stereocenters. The Morgan fingerprint density at radius 1 is 1.44 bits per heavy atom. The van der Waals surface area contributed by atoms with Crippen LogP contribution in [-0.4, -0.2) is 24.2 Å². The molecule has 0 radical (unpaired) electrons. The molecule has 2 N–H and O–H groups in total. The number of hydroxylamine groups is 1. The topological polar surface area (TPSA) is 75.6 Å². The summed E-state index contributed by atoms with van der Waals surface area (Å²) in [6, 6.07) is 6.69. The van der Waals surface area contributed by atoms with Crippen molar-refractivity contribution < 1.29 is 19.5 Å². The third-order valence-corrected chi connectivity index (χ3v) is 2.14. The van der Waals surface area contributed by atoms with Gasteiger partial charge in [0.05, 0.1) is 7.11 Å². The normalized spacial score (nSPS) is 9.62. The molecule has 0 spiro atoms. The molecular formula is C11H13NO4. The van der Waals surface area contributed by atoms with E-state index < -0.39 is 5.91 Å². The average molecular weight is 223 g/mol. The van der Waals surface area contributed by atoms with Gasteiger partial charge in [0.15, 0.2) is 0 Å². The SMILES string of the molecule is COC(=O)CCc1cccc(C(=O)NO)c1. The summed E-state index contributed by atoms with van der Waals surface area (Å²) in [4.78, 5) is 22.0. The Labute approximate surface area is 93.0 Å². The van der Waals surface area contributed by atoms with Crippen LogP contribution in [-0.2, 0) is 16.0 Å². The summed E-state index contributed by atoms with van der Waals surface area (Å²) in [5.74, 6) is -0.864. The van der Waals surface area contributed by atoms with Crippen molar-refractivity contribution in [2.45, 2.75) is 12.8 Å². The van der Waals surface area contributed by atoms with Gasteiger partial charge in [-0.25, -0.2) is 5.48 Å². The molecule has 0 bridgehead atoms. The number of nitrogens with one attached hydrogen (secondary N) is 1.